The van der Waals surface area contributed by atoms with Crippen molar-refractivity contribution in [3.8, 4) is 0 Å². The lowest BCUT2D eigenvalue weighted by Gasteiger charge is -2.21. The van der Waals surface area contributed by atoms with E-state index in [9.17, 15) is 0 Å². The monoisotopic (exact) mass is 230 g/mol. The van der Waals surface area contributed by atoms with Crippen LogP contribution in [0.4, 0.5) is 0 Å². The van der Waals surface area contributed by atoms with Crippen LogP contribution in [0.15, 0.2) is 18.6 Å². The van der Waals surface area contributed by atoms with Gasteiger partial charge in [-0.15, -0.1) is 0 Å². The van der Waals surface area contributed by atoms with Crippen molar-refractivity contribution in [2.45, 2.75) is 44.6 Å². The zero-order valence-corrected chi connectivity index (χ0v) is 9.97. The van der Waals surface area contributed by atoms with Crippen LogP contribution in [0.1, 0.15) is 49.1 Å². The molecule has 0 saturated heterocycles. The van der Waals surface area contributed by atoms with Crippen LogP contribution in [0.2, 0.25) is 0 Å². The number of nitrogens with two attached hydrogens (primary N) is 1. The summed E-state index contributed by atoms with van der Waals surface area (Å²) in [5, 5.41) is 4.32. The molecule has 1 aliphatic rings. The van der Waals surface area contributed by atoms with E-state index in [0.29, 0.717) is 12.5 Å². The van der Waals surface area contributed by atoms with Crippen molar-refractivity contribution in [3.05, 3.63) is 29.7 Å². The molecule has 0 spiro atoms. The molecule has 1 saturated carbocycles. The van der Waals surface area contributed by atoms with Crippen molar-refractivity contribution in [2.75, 3.05) is 0 Å². The molecule has 0 atom stereocenters. The molecule has 1 aliphatic carbocycles. The second-order valence-corrected chi connectivity index (χ2v) is 4.86. The largest absolute Gasteiger partial charge is 0.326 e. The van der Waals surface area contributed by atoms with E-state index in [1.54, 1.807) is 0 Å². The number of aromatic nitrogens is 3. The molecule has 0 bridgehead atoms. The van der Waals surface area contributed by atoms with Crippen molar-refractivity contribution in [3.63, 3.8) is 0 Å². The zero-order chi connectivity index (χ0) is 11.7. The maximum absolute atomic E-state index is 5.65. The highest BCUT2D eigenvalue weighted by molar-refractivity contribution is 5.46. The van der Waals surface area contributed by atoms with Gasteiger partial charge in [-0.3, -0.25) is 0 Å². The molecule has 0 amide bonds. The number of rotatable bonds is 2. The fraction of sp³-hybridized carbons (Fsp3) is 0.538. The Morgan fingerprint density at radius 1 is 1.24 bits per heavy atom. The van der Waals surface area contributed by atoms with E-state index in [0.717, 1.165) is 11.2 Å². The molecule has 4 heteroatoms. The van der Waals surface area contributed by atoms with Crippen molar-refractivity contribution >= 4 is 5.65 Å². The van der Waals surface area contributed by atoms with Crippen LogP contribution >= 0.6 is 0 Å². The first kappa shape index (κ1) is 10.7. The summed E-state index contributed by atoms with van der Waals surface area (Å²) in [4.78, 5) is 4.51. The van der Waals surface area contributed by atoms with E-state index in [1.807, 2.05) is 16.9 Å². The molecular weight excluding hydrogens is 212 g/mol. The molecule has 0 unspecified atom stereocenters. The molecule has 2 N–H and O–H groups in total. The zero-order valence-electron chi connectivity index (χ0n) is 9.97. The Balaban J connectivity index is 1.95. The Kier molecular flexibility index (Phi) is 2.81. The molecule has 2 heterocycles. The Morgan fingerprint density at radius 2 is 2.06 bits per heavy atom. The summed E-state index contributed by atoms with van der Waals surface area (Å²) in [7, 11) is 0. The number of hydrogen-bond acceptors (Lipinski definition) is 3. The first-order valence-electron chi connectivity index (χ1n) is 6.40. The fourth-order valence-electron chi connectivity index (χ4n) is 2.73. The van der Waals surface area contributed by atoms with E-state index in [4.69, 9.17) is 5.73 Å². The van der Waals surface area contributed by atoms with Gasteiger partial charge in [0.15, 0.2) is 5.65 Å². The Bertz CT molecular complexity index is 511. The van der Waals surface area contributed by atoms with E-state index in [1.165, 1.54) is 37.7 Å². The van der Waals surface area contributed by atoms with Gasteiger partial charge in [0, 0.05) is 24.5 Å². The first-order valence-corrected chi connectivity index (χ1v) is 6.40. The van der Waals surface area contributed by atoms with Gasteiger partial charge in [0.1, 0.15) is 0 Å². The van der Waals surface area contributed by atoms with Gasteiger partial charge in [-0.25, -0.2) is 9.50 Å². The van der Waals surface area contributed by atoms with Gasteiger partial charge in [0.2, 0.25) is 0 Å². The second-order valence-electron chi connectivity index (χ2n) is 4.86. The quantitative estimate of drug-likeness (QED) is 0.860. The highest BCUT2D eigenvalue weighted by Crippen LogP contribution is 2.32. The molecule has 90 valence electrons. The molecule has 0 aliphatic heterocycles. The van der Waals surface area contributed by atoms with E-state index < -0.39 is 0 Å². The molecule has 2 aromatic heterocycles. The Hall–Kier alpha value is -1.42. The van der Waals surface area contributed by atoms with Crippen LogP contribution in [-0.4, -0.2) is 14.6 Å². The van der Waals surface area contributed by atoms with Gasteiger partial charge >= 0.3 is 0 Å². The summed E-state index contributed by atoms with van der Waals surface area (Å²) in [5.41, 5.74) is 8.88. The molecule has 3 rings (SSSR count). The number of hydrogen-bond donors (Lipinski definition) is 1. The molecule has 4 nitrogen and oxygen atoms in total. The smallest absolute Gasteiger partial charge is 0.159 e. The highest BCUT2D eigenvalue weighted by Gasteiger charge is 2.16. The van der Waals surface area contributed by atoms with Crippen LogP contribution in [0.5, 0.6) is 0 Å². The summed E-state index contributed by atoms with van der Waals surface area (Å²) < 4.78 is 1.87. The SMILES string of the molecule is NCc1cnn2cc(C3CCCCC3)cnc12. The third-order valence-electron chi connectivity index (χ3n) is 3.75. The standard InChI is InChI=1S/C13H18N4/c14-6-11-8-16-17-9-12(7-15-13(11)17)10-4-2-1-3-5-10/h7-10H,1-6,14H2. The Labute approximate surface area is 101 Å². The van der Waals surface area contributed by atoms with Crippen LogP contribution in [0, 0.1) is 0 Å². The van der Waals surface area contributed by atoms with Crippen molar-refractivity contribution in [1.82, 2.24) is 14.6 Å². The van der Waals surface area contributed by atoms with E-state index in [2.05, 4.69) is 16.3 Å². The van der Waals surface area contributed by atoms with Crippen LogP contribution in [0.3, 0.4) is 0 Å². The minimum absolute atomic E-state index is 0.499. The summed E-state index contributed by atoms with van der Waals surface area (Å²) in [6.45, 7) is 0.499. The minimum Gasteiger partial charge on any atom is -0.326 e. The van der Waals surface area contributed by atoms with Gasteiger partial charge in [0.05, 0.1) is 6.20 Å². The third-order valence-corrected chi connectivity index (χ3v) is 3.75. The number of nitrogens with zero attached hydrogens (tertiary/aromatic N) is 3. The van der Waals surface area contributed by atoms with Gasteiger partial charge in [-0.1, -0.05) is 19.3 Å². The molecule has 2 aromatic rings. The Morgan fingerprint density at radius 3 is 2.82 bits per heavy atom. The van der Waals surface area contributed by atoms with Crippen molar-refractivity contribution < 1.29 is 0 Å². The van der Waals surface area contributed by atoms with Gasteiger partial charge < -0.3 is 5.73 Å². The van der Waals surface area contributed by atoms with Gasteiger partial charge in [-0.2, -0.15) is 5.10 Å². The number of fused-ring (bicyclic) bond motifs is 1. The lowest BCUT2D eigenvalue weighted by atomic mass is 9.85. The lowest BCUT2D eigenvalue weighted by Crippen LogP contribution is -2.07. The molecule has 0 radical (unpaired) electrons. The normalized spacial score (nSPS) is 17.7. The highest BCUT2D eigenvalue weighted by atomic mass is 15.2. The minimum atomic E-state index is 0.499. The third kappa shape index (κ3) is 1.93. The van der Waals surface area contributed by atoms with Crippen LogP contribution < -0.4 is 5.73 Å². The van der Waals surface area contributed by atoms with Crippen molar-refractivity contribution in [2.24, 2.45) is 5.73 Å². The summed E-state index contributed by atoms with van der Waals surface area (Å²) >= 11 is 0. The van der Waals surface area contributed by atoms with Crippen LogP contribution in [0.25, 0.3) is 5.65 Å². The summed E-state index contributed by atoms with van der Waals surface area (Å²) in [5.74, 6) is 0.672. The average molecular weight is 230 g/mol. The maximum atomic E-state index is 5.65. The molecule has 1 fully saturated rings. The average Bonchev–Trinajstić information content (AvgIpc) is 2.81. The van der Waals surface area contributed by atoms with Gasteiger partial charge in [0.25, 0.3) is 0 Å². The molecule has 0 aromatic carbocycles. The van der Waals surface area contributed by atoms with E-state index in [-0.39, 0.29) is 0 Å². The van der Waals surface area contributed by atoms with E-state index >= 15 is 0 Å². The second kappa shape index (κ2) is 4.45. The lowest BCUT2D eigenvalue weighted by molar-refractivity contribution is 0.441. The maximum Gasteiger partial charge on any atom is 0.159 e. The summed E-state index contributed by atoms with van der Waals surface area (Å²) in [6.07, 6.45) is 12.6. The predicted octanol–water partition coefficient (Wildman–Crippen LogP) is 2.24. The summed E-state index contributed by atoms with van der Waals surface area (Å²) in [6, 6.07) is 0. The topological polar surface area (TPSA) is 56.2 Å². The van der Waals surface area contributed by atoms with Gasteiger partial charge in [-0.05, 0) is 24.3 Å². The van der Waals surface area contributed by atoms with Crippen LogP contribution in [-0.2, 0) is 6.54 Å². The van der Waals surface area contributed by atoms with Crippen molar-refractivity contribution in [1.29, 1.82) is 0 Å². The first-order chi connectivity index (χ1) is 8.38. The molecular formula is C13H18N4. The molecule has 17 heavy (non-hydrogen) atoms. The predicted molar refractivity (Wildman–Crippen MR) is 66.7 cm³/mol. The fourth-order valence-corrected chi connectivity index (χ4v) is 2.73.